The minimum Gasteiger partial charge on any atom is -0.508 e. The van der Waals surface area contributed by atoms with Crippen molar-refractivity contribution < 1.29 is 18.3 Å². The Kier molecular flexibility index (Phi) is 4.00. The number of halogens is 1. The maximum atomic E-state index is 11.6. The fraction of sp³-hybridized carbons (Fsp3) is 0.300. The van der Waals surface area contributed by atoms with Gasteiger partial charge in [0.05, 0.1) is 10.7 Å². The number of hydrogen-bond donors (Lipinski definition) is 2. The molecule has 0 heterocycles. The van der Waals surface area contributed by atoms with Crippen LogP contribution in [0, 0.1) is 0 Å². The van der Waals surface area contributed by atoms with Gasteiger partial charge in [0.15, 0.2) is 9.84 Å². The molecule has 94 valence electrons. The summed E-state index contributed by atoms with van der Waals surface area (Å²) in [6.45, 7) is 1.29. The maximum absolute atomic E-state index is 11.6. The lowest BCUT2D eigenvalue weighted by Gasteiger charge is -2.11. The average molecular weight is 278 g/mol. The number of benzene rings is 1. The van der Waals surface area contributed by atoms with E-state index in [1.165, 1.54) is 25.1 Å². The standard InChI is InChI=1S/C10H12ClNO4S/c1-6(17(2,15)16)10(14)12-9-4-3-7(13)5-8(9)11/h3-6,13H,1-2H3,(H,12,14). The lowest BCUT2D eigenvalue weighted by molar-refractivity contribution is -0.115. The summed E-state index contributed by atoms with van der Waals surface area (Å²) < 4.78 is 22.3. The molecule has 0 fully saturated rings. The monoisotopic (exact) mass is 277 g/mol. The first-order valence-corrected chi connectivity index (χ1v) is 7.03. The number of nitrogens with one attached hydrogen (secondary N) is 1. The number of anilines is 1. The Labute approximate surface area is 104 Å². The zero-order valence-corrected chi connectivity index (χ0v) is 10.8. The number of carbonyl (C=O) groups excluding carboxylic acids is 1. The zero-order valence-electron chi connectivity index (χ0n) is 9.27. The van der Waals surface area contributed by atoms with Crippen LogP contribution in [0.4, 0.5) is 5.69 Å². The summed E-state index contributed by atoms with van der Waals surface area (Å²) in [5, 5.41) is 10.5. The quantitative estimate of drug-likeness (QED) is 0.819. The van der Waals surface area contributed by atoms with Crippen LogP contribution in [-0.2, 0) is 14.6 Å². The molecule has 2 N–H and O–H groups in total. The van der Waals surface area contributed by atoms with Gasteiger partial charge in [-0.15, -0.1) is 0 Å². The van der Waals surface area contributed by atoms with E-state index in [1.807, 2.05) is 0 Å². The minimum absolute atomic E-state index is 0.0378. The van der Waals surface area contributed by atoms with Crippen LogP contribution in [0.2, 0.25) is 5.02 Å². The third-order valence-electron chi connectivity index (χ3n) is 2.22. The van der Waals surface area contributed by atoms with Crippen molar-refractivity contribution in [2.24, 2.45) is 0 Å². The van der Waals surface area contributed by atoms with Crippen molar-refractivity contribution in [1.29, 1.82) is 0 Å². The van der Waals surface area contributed by atoms with E-state index in [2.05, 4.69) is 5.32 Å². The summed E-state index contributed by atoms with van der Waals surface area (Å²) in [7, 11) is -3.45. The van der Waals surface area contributed by atoms with Crippen molar-refractivity contribution in [2.45, 2.75) is 12.2 Å². The Morgan fingerprint density at radius 1 is 1.47 bits per heavy atom. The van der Waals surface area contributed by atoms with Crippen molar-refractivity contribution in [3.8, 4) is 5.75 Å². The van der Waals surface area contributed by atoms with Gasteiger partial charge in [0.2, 0.25) is 5.91 Å². The van der Waals surface area contributed by atoms with E-state index in [9.17, 15) is 13.2 Å². The fourth-order valence-electron chi connectivity index (χ4n) is 1.03. The van der Waals surface area contributed by atoms with Crippen LogP contribution < -0.4 is 5.32 Å². The highest BCUT2D eigenvalue weighted by molar-refractivity contribution is 7.92. The normalized spacial score (nSPS) is 13.1. The van der Waals surface area contributed by atoms with Crippen molar-refractivity contribution in [3.63, 3.8) is 0 Å². The van der Waals surface area contributed by atoms with Crippen molar-refractivity contribution in [1.82, 2.24) is 0 Å². The number of amides is 1. The Morgan fingerprint density at radius 3 is 2.53 bits per heavy atom. The molecule has 0 bridgehead atoms. The summed E-state index contributed by atoms with van der Waals surface area (Å²) >= 11 is 5.77. The van der Waals surface area contributed by atoms with Crippen LogP contribution in [0.25, 0.3) is 0 Å². The molecule has 7 heteroatoms. The Bertz CT molecular complexity index is 541. The second-order valence-corrected chi connectivity index (χ2v) is 6.40. The van der Waals surface area contributed by atoms with E-state index in [4.69, 9.17) is 16.7 Å². The van der Waals surface area contributed by atoms with E-state index in [0.29, 0.717) is 0 Å². The van der Waals surface area contributed by atoms with Gasteiger partial charge in [-0.2, -0.15) is 0 Å². The van der Waals surface area contributed by atoms with E-state index >= 15 is 0 Å². The molecule has 0 saturated carbocycles. The van der Waals surface area contributed by atoms with E-state index in [0.717, 1.165) is 6.26 Å². The first-order valence-electron chi connectivity index (χ1n) is 4.70. The second kappa shape index (κ2) is 4.93. The van der Waals surface area contributed by atoms with E-state index in [-0.39, 0.29) is 16.5 Å². The van der Waals surface area contributed by atoms with Gasteiger partial charge in [-0.25, -0.2) is 8.42 Å². The van der Waals surface area contributed by atoms with Crippen molar-refractivity contribution in [2.75, 3.05) is 11.6 Å². The predicted molar refractivity (Wildman–Crippen MR) is 66.1 cm³/mol. The van der Waals surface area contributed by atoms with Gasteiger partial charge < -0.3 is 10.4 Å². The van der Waals surface area contributed by atoms with E-state index < -0.39 is 21.0 Å². The van der Waals surface area contributed by atoms with Gasteiger partial charge in [0.25, 0.3) is 0 Å². The molecule has 0 spiro atoms. The van der Waals surface area contributed by atoms with Crippen LogP contribution in [0.5, 0.6) is 5.75 Å². The Balaban J connectivity index is 2.89. The molecule has 0 aliphatic heterocycles. The number of phenols is 1. The Morgan fingerprint density at radius 2 is 2.06 bits per heavy atom. The van der Waals surface area contributed by atoms with Gasteiger partial charge in [-0.05, 0) is 19.1 Å². The summed E-state index contributed by atoms with van der Waals surface area (Å²) in [5.41, 5.74) is 0.255. The molecule has 0 aliphatic carbocycles. The van der Waals surface area contributed by atoms with Gasteiger partial charge in [-0.1, -0.05) is 11.6 Å². The number of hydrogen-bond acceptors (Lipinski definition) is 4. The molecular formula is C10H12ClNO4S. The third-order valence-corrected chi connectivity index (χ3v) is 4.03. The molecular weight excluding hydrogens is 266 g/mol. The number of rotatable bonds is 3. The molecule has 1 amide bonds. The first-order chi connectivity index (χ1) is 7.71. The van der Waals surface area contributed by atoms with Crippen molar-refractivity contribution in [3.05, 3.63) is 23.2 Å². The topological polar surface area (TPSA) is 83.5 Å². The molecule has 0 radical (unpaired) electrons. The molecule has 1 rings (SSSR count). The molecule has 5 nitrogen and oxygen atoms in total. The molecule has 0 aliphatic rings. The summed E-state index contributed by atoms with van der Waals surface area (Å²) in [6.07, 6.45) is 0.982. The maximum Gasteiger partial charge on any atom is 0.242 e. The smallest absolute Gasteiger partial charge is 0.242 e. The predicted octanol–water partition coefficient (Wildman–Crippen LogP) is 1.42. The molecule has 1 aromatic rings. The SMILES string of the molecule is CC(C(=O)Nc1ccc(O)cc1Cl)S(C)(=O)=O. The van der Waals surface area contributed by atoms with E-state index in [1.54, 1.807) is 0 Å². The highest BCUT2D eigenvalue weighted by atomic mass is 35.5. The molecule has 0 aromatic heterocycles. The lowest BCUT2D eigenvalue weighted by atomic mass is 10.3. The summed E-state index contributed by atoms with van der Waals surface area (Å²) in [5.74, 6) is -0.704. The average Bonchev–Trinajstić information content (AvgIpc) is 2.19. The van der Waals surface area contributed by atoms with Crippen LogP contribution in [0.3, 0.4) is 0 Å². The molecule has 17 heavy (non-hydrogen) atoms. The molecule has 1 atom stereocenters. The van der Waals surface area contributed by atoms with Crippen LogP contribution in [0.1, 0.15) is 6.92 Å². The van der Waals surface area contributed by atoms with Crippen LogP contribution in [-0.4, -0.2) is 30.9 Å². The Hall–Kier alpha value is -1.27. The minimum atomic E-state index is -3.45. The van der Waals surface area contributed by atoms with Gasteiger partial charge >= 0.3 is 0 Å². The second-order valence-electron chi connectivity index (χ2n) is 3.63. The first kappa shape index (κ1) is 13.8. The van der Waals surface area contributed by atoms with Gasteiger partial charge in [0, 0.05) is 12.3 Å². The third kappa shape index (κ3) is 3.61. The summed E-state index contributed by atoms with van der Waals surface area (Å²) in [6, 6.07) is 3.99. The summed E-state index contributed by atoms with van der Waals surface area (Å²) in [4.78, 5) is 11.6. The van der Waals surface area contributed by atoms with Gasteiger partial charge in [0.1, 0.15) is 11.0 Å². The number of phenolic OH excluding ortho intramolecular Hbond substituents is 1. The molecule has 0 saturated heterocycles. The zero-order chi connectivity index (χ0) is 13.2. The lowest BCUT2D eigenvalue weighted by Crippen LogP contribution is -2.31. The van der Waals surface area contributed by atoms with Gasteiger partial charge in [-0.3, -0.25) is 4.79 Å². The number of sulfone groups is 1. The highest BCUT2D eigenvalue weighted by Gasteiger charge is 2.23. The molecule has 1 unspecified atom stereocenters. The fourth-order valence-corrected chi connectivity index (χ4v) is 1.70. The van der Waals surface area contributed by atoms with Crippen molar-refractivity contribution >= 4 is 33.0 Å². The largest absolute Gasteiger partial charge is 0.508 e. The number of aromatic hydroxyl groups is 1. The van der Waals surface area contributed by atoms with Crippen LogP contribution >= 0.6 is 11.6 Å². The highest BCUT2D eigenvalue weighted by Crippen LogP contribution is 2.26. The number of carbonyl (C=O) groups is 1. The van der Waals surface area contributed by atoms with Crippen LogP contribution in [0.15, 0.2) is 18.2 Å². The molecule has 1 aromatic carbocycles.